The summed E-state index contributed by atoms with van der Waals surface area (Å²) in [6, 6.07) is 26.0. The average Bonchev–Trinajstić information content (AvgIpc) is 3.85. The van der Waals surface area contributed by atoms with Crippen LogP contribution in [0.4, 0.5) is 16.2 Å². The molecule has 10 nitrogen and oxygen atoms in total. The molecule has 1 N–H and O–H groups in total. The Kier molecular flexibility index (Phi) is 12.4. The van der Waals surface area contributed by atoms with Gasteiger partial charge in [0.25, 0.3) is 0 Å². The third-order valence-corrected chi connectivity index (χ3v) is 13.6. The summed E-state index contributed by atoms with van der Waals surface area (Å²) in [5.74, 6) is -0.474. The fourth-order valence-electron chi connectivity index (χ4n) is 10.4. The number of fused-ring (bicyclic) bond motifs is 6. The number of nitrogens with one attached hydrogen (secondary N) is 1. The van der Waals surface area contributed by atoms with Crippen LogP contribution in [0.15, 0.2) is 120 Å². The summed E-state index contributed by atoms with van der Waals surface area (Å²) >= 11 is 0. The zero-order valence-electron chi connectivity index (χ0n) is 37.9. The summed E-state index contributed by atoms with van der Waals surface area (Å²) in [5.41, 5.74) is 9.87. The fraction of sp³-hybridized carbons (Fsp3) is 0.396. The highest BCUT2D eigenvalue weighted by atomic mass is 16.6. The molecule has 0 radical (unpaired) electrons. The van der Waals surface area contributed by atoms with E-state index in [2.05, 4.69) is 140 Å². The molecule has 4 aromatic rings. The van der Waals surface area contributed by atoms with E-state index in [1.807, 2.05) is 11.8 Å². The number of nitrogens with zero attached hydrogens (tertiary/aromatic N) is 3. The molecule has 0 saturated carbocycles. The number of methoxy groups -OCH3 is 2. The molecular weight excluding hydrogens is 789 g/mol. The first-order chi connectivity index (χ1) is 30.4. The molecule has 0 atom stereocenters. The van der Waals surface area contributed by atoms with E-state index in [4.69, 9.17) is 14.2 Å². The Balaban J connectivity index is 1.20. The van der Waals surface area contributed by atoms with Gasteiger partial charge in [-0.25, -0.2) is 4.79 Å². The average molecular weight is 850 g/mol. The van der Waals surface area contributed by atoms with Crippen molar-refractivity contribution in [3.63, 3.8) is 0 Å². The van der Waals surface area contributed by atoms with E-state index in [1.165, 1.54) is 58.0 Å². The second-order valence-electron chi connectivity index (χ2n) is 18.0. The molecule has 4 aromatic carbocycles. The summed E-state index contributed by atoms with van der Waals surface area (Å²) in [7, 11) is 2.89. The highest BCUT2D eigenvalue weighted by Crippen LogP contribution is 2.51. The third-order valence-electron chi connectivity index (χ3n) is 13.6. The lowest BCUT2D eigenvalue weighted by Gasteiger charge is -2.33. The minimum Gasteiger partial charge on any atom is -0.469 e. The van der Waals surface area contributed by atoms with Gasteiger partial charge < -0.3 is 29.3 Å². The molecule has 3 heterocycles. The number of amides is 1. The summed E-state index contributed by atoms with van der Waals surface area (Å²) in [4.78, 5) is 41.8. The summed E-state index contributed by atoms with van der Waals surface area (Å²) in [5, 5.41) is 8.81. The van der Waals surface area contributed by atoms with Crippen LogP contribution in [0.1, 0.15) is 84.3 Å². The molecule has 0 unspecified atom stereocenters. The van der Waals surface area contributed by atoms with Gasteiger partial charge in [0.2, 0.25) is 5.69 Å². The van der Waals surface area contributed by atoms with Gasteiger partial charge >= 0.3 is 18.0 Å². The van der Waals surface area contributed by atoms with Gasteiger partial charge in [-0.2, -0.15) is 4.58 Å². The smallest absolute Gasteiger partial charge is 0.409 e. The van der Waals surface area contributed by atoms with E-state index in [0.29, 0.717) is 32.8 Å². The number of anilines is 1. The number of esters is 2. The van der Waals surface area contributed by atoms with Gasteiger partial charge in [0.1, 0.15) is 6.42 Å². The van der Waals surface area contributed by atoms with Gasteiger partial charge in [0, 0.05) is 65.9 Å². The lowest BCUT2D eigenvalue weighted by molar-refractivity contribution is -0.436. The maximum Gasteiger partial charge on any atom is 0.409 e. The minimum atomic E-state index is -0.348. The molecule has 63 heavy (non-hydrogen) atoms. The van der Waals surface area contributed by atoms with Gasteiger partial charge in [-0.15, -0.1) is 0 Å². The van der Waals surface area contributed by atoms with Crippen LogP contribution in [0.3, 0.4) is 0 Å². The Bertz CT molecular complexity index is 2620. The molecule has 1 aliphatic carbocycles. The number of benzene rings is 4. The standard InChI is InChI=1S/C53H60N4O6/c1-8-63-51(60)55-31-27-39(28-32-55)54-50-37(21-25-44-52(2,3)48-40-15-11-9-13-35(40)19-23-42(48)56(44)33-29-46(58)61-6)17-18-38(50)22-26-45-53(4,5)49-41-16-12-10-14-36(41)20-24-43(49)57(45)34-30-47(59)62-7/h9-16,19-26,39H,8,17-18,27-34H2,1-7H3/p+1/b37-21+,44-25+. The van der Waals surface area contributed by atoms with Crippen LogP contribution in [-0.2, 0) is 34.6 Å². The van der Waals surface area contributed by atoms with E-state index >= 15 is 0 Å². The number of carbonyl (C=O) groups excluding carboxylic acids is 3. The number of hydrogen-bond acceptors (Lipinski definition) is 8. The van der Waals surface area contributed by atoms with E-state index in [-0.39, 0.29) is 47.7 Å². The Morgan fingerprint density at radius 3 is 2.11 bits per heavy atom. The zero-order valence-corrected chi connectivity index (χ0v) is 37.9. The molecule has 328 valence electrons. The highest BCUT2D eigenvalue weighted by molar-refractivity contribution is 6.08. The number of carbonyl (C=O) groups is 3. The Labute approximate surface area is 371 Å². The first kappa shape index (κ1) is 43.5. The normalized spacial score (nSPS) is 19.5. The van der Waals surface area contributed by atoms with E-state index in [9.17, 15) is 14.4 Å². The summed E-state index contributed by atoms with van der Waals surface area (Å²) < 4.78 is 17.8. The number of hydrogen-bond donors (Lipinski definition) is 1. The molecule has 1 fully saturated rings. The Morgan fingerprint density at radius 1 is 0.778 bits per heavy atom. The van der Waals surface area contributed by atoms with Crippen LogP contribution in [0.5, 0.6) is 0 Å². The number of likely N-dealkylation sites (tertiary alicyclic amines) is 1. The van der Waals surface area contributed by atoms with Crippen molar-refractivity contribution < 1.29 is 33.2 Å². The quantitative estimate of drug-likeness (QED) is 0.0855. The van der Waals surface area contributed by atoms with E-state index in [0.717, 1.165) is 54.2 Å². The molecular formula is C53H61N4O6+. The van der Waals surface area contributed by atoms with Crippen LogP contribution < -0.4 is 10.2 Å². The molecule has 0 bridgehead atoms. The number of ether oxygens (including phenoxy) is 3. The van der Waals surface area contributed by atoms with Crippen molar-refractivity contribution in [1.29, 1.82) is 0 Å². The molecule has 8 rings (SSSR count). The Morgan fingerprint density at radius 2 is 1.43 bits per heavy atom. The highest BCUT2D eigenvalue weighted by Gasteiger charge is 2.46. The maximum absolute atomic E-state index is 12.6. The topological polar surface area (TPSA) is 100 Å². The van der Waals surface area contributed by atoms with Crippen LogP contribution in [0, 0.1) is 0 Å². The van der Waals surface area contributed by atoms with Crippen molar-refractivity contribution in [2.24, 2.45) is 0 Å². The molecule has 1 saturated heterocycles. The molecule has 0 aromatic heterocycles. The largest absolute Gasteiger partial charge is 0.469 e. The summed E-state index contributed by atoms with van der Waals surface area (Å²) in [6.45, 7) is 13.6. The zero-order chi connectivity index (χ0) is 44.5. The maximum atomic E-state index is 12.6. The SMILES string of the molecule is CCOC(=O)N1CCC(NC2=C(/C=C/C3=[N+](CCC(=O)OC)c4ccc5ccccc5c4C3(C)C)CC/C2=C\C=C2\N(CCC(=O)OC)c3ccc4ccccc4c3C2(C)C)CC1. The minimum absolute atomic E-state index is 0.168. The van der Waals surface area contributed by atoms with Gasteiger partial charge in [-0.1, -0.05) is 80.6 Å². The van der Waals surface area contributed by atoms with E-state index < -0.39 is 0 Å². The van der Waals surface area contributed by atoms with Gasteiger partial charge in [-0.3, -0.25) is 9.59 Å². The van der Waals surface area contributed by atoms with Crippen LogP contribution in [-0.4, -0.2) is 86.3 Å². The lowest BCUT2D eigenvalue weighted by Crippen LogP contribution is -2.45. The van der Waals surface area contributed by atoms with E-state index in [1.54, 1.807) is 0 Å². The summed E-state index contributed by atoms with van der Waals surface area (Å²) in [6.07, 6.45) is 12.7. The molecule has 4 aliphatic rings. The van der Waals surface area contributed by atoms with Crippen molar-refractivity contribution in [1.82, 2.24) is 10.2 Å². The molecule has 3 aliphatic heterocycles. The van der Waals surface area contributed by atoms with Crippen molar-refractivity contribution in [3.8, 4) is 0 Å². The first-order valence-corrected chi connectivity index (χ1v) is 22.5. The first-order valence-electron chi connectivity index (χ1n) is 22.5. The number of rotatable bonds is 12. The number of allylic oxidation sites excluding steroid dienone is 7. The molecule has 1 amide bonds. The predicted octanol–water partition coefficient (Wildman–Crippen LogP) is 9.92. The van der Waals surface area contributed by atoms with Crippen molar-refractivity contribution in [2.75, 3.05) is 51.9 Å². The lowest BCUT2D eigenvalue weighted by atomic mass is 9.79. The second kappa shape index (κ2) is 17.9. The molecule has 0 spiro atoms. The van der Waals surface area contributed by atoms with Gasteiger partial charge in [0.15, 0.2) is 12.3 Å². The predicted molar refractivity (Wildman–Crippen MR) is 251 cm³/mol. The van der Waals surface area contributed by atoms with Crippen LogP contribution >= 0.6 is 0 Å². The van der Waals surface area contributed by atoms with Crippen molar-refractivity contribution >= 4 is 56.7 Å². The fourth-order valence-corrected chi connectivity index (χ4v) is 10.4. The van der Waals surface area contributed by atoms with Gasteiger partial charge in [-0.05, 0) is 103 Å². The van der Waals surface area contributed by atoms with Crippen LogP contribution in [0.2, 0.25) is 0 Å². The third kappa shape index (κ3) is 8.28. The van der Waals surface area contributed by atoms with Crippen LogP contribution in [0.25, 0.3) is 21.5 Å². The van der Waals surface area contributed by atoms with Crippen molar-refractivity contribution in [3.05, 3.63) is 131 Å². The molecule has 10 heteroatoms. The Hall–Kier alpha value is -6.16. The monoisotopic (exact) mass is 849 g/mol. The second-order valence-corrected chi connectivity index (χ2v) is 18.0. The number of piperidine rings is 1. The van der Waals surface area contributed by atoms with Gasteiger partial charge in [0.05, 0.1) is 32.7 Å². The van der Waals surface area contributed by atoms with Crippen molar-refractivity contribution in [2.45, 2.75) is 90.0 Å².